The van der Waals surface area contributed by atoms with Gasteiger partial charge in [0.2, 0.25) is 0 Å². The second-order valence-electron chi connectivity index (χ2n) is 2.14. The molecule has 1 aromatic rings. The summed E-state index contributed by atoms with van der Waals surface area (Å²) in [7, 11) is 0. The van der Waals surface area contributed by atoms with Gasteiger partial charge in [-0.25, -0.2) is 4.98 Å². The van der Waals surface area contributed by atoms with Crippen molar-refractivity contribution in [1.82, 2.24) is 9.97 Å². The zero-order valence-electron chi connectivity index (χ0n) is 6.63. The SMILES string of the molecule is CCSCc1ncc(Br)c(=O)[nH]1. The van der Waals surface area contributed by atoms with Crippen LogP contribution in [0.25, 0.3) is 0 Å². The standard InChI is InChI=1S/C7H9BrN2OS/c1-2-12-4-6-9-3-5(8)7(11)10-6/h3H,2,4H2,1H3,(H,9,10,11). The number of aromatic amines is 1. The van der Waals surface area contributed by atoms with Gasteiger partial charge in [0, 0.05) is 6.20 Å². The summed E-state index contributed by atoms with van der Waals surface area (Å²) >= 11 is 4.81. The van der Waals surface area contributed by atoms with Gasteiger partial charge in [0.05, 0.1) is 5.75 Å². The molecule has 0 amide bonds. The Labute approximate surface area is 83.1 Å². The molecular weight excluding hydrogens is 240 g/mol. The first-order valence-electron chi connectivity index (χ1n) is 3.55. The van der Waals surface area contributed by atoms with Gasteiger partial charge in [-0.2, -0.15) is 11.8 Å². The minimum atomic E-state index is -0.114. The van der Waals surface area contributed by atoms with Gasteiger partial charge in [-0.3, -0.25) is 4.79 Å². The number of hydrogen-bond donors (Lipinski definition) is 1. The van der Waals surface area contributed by atoms with E-state index in [-0.39, 0.29) is 5.56 Å². The van der Waals surface area contributed by atoms with Gasteiger partial charge in [0.25, 0.3) is 5.56 Å². The van der Waals surface area contributed by atoms with E-state index >= 15 is 0 Å². The number of rotatable bonds is 3. The molecule has 0 saturated heterocycles. The minimum absolute atomic E-state index is 0.114. The van der Waals surface area contributed by atoms with Crippen LogP contribution in [0.2, 0.25) is 0 Å². The smallest absolute Gasteiger partial charge is 0.265 e. The van der Waals surface area contributed by atoms with Crippen molar-refractivity contribution in [3.05, 3.63) is 26.8 Å². The van der Waals surface area contributed by atoms with E-state index < -0.39 is 0 Å². The van der Waals surface area contributed by atoms with Crippen LogP contribution < -0.4 is 5.56 Å². The van der Waals surface area contributed by atoms with Crippen molar-refractivity contribution in [2.45, 2.75) is 12.7 Å². The van der Waals surface area contributed by atoms with Crippen LogP contribution in [-0.2, 0) is 5.75 Å². The third-order valence-corrected chi connectivity index (χ3v) is 2.70. The number of hydrogen-bond acceptors (Lipinski definition) is 3. The van der Waals surface area contributed by atoms with E-state index in [2.05, 4.69) is 32.8 Å². The number of H-pyrrole nitrogens is 1. The number of nitrogens with zero attached hydrogens (tertiary/aromatic N) is 1. The quantitative estimate of drug-likeness (QED) is 0.888. The molecule has 1 aromatic heterocycles. The normalized spacial score (nSPS) is 10.2. The maximum absolute atomic E-state index is 11.1. The molecule has 0 aliphatic heterocycles. The van der Waals surface area contributed by atoms with Crippen LogP contribution in [0.15, 0.2) is 15.5 Å². The highest BCUT2D eigenvalue weighted by Gasteiger charge is 1.98. The largest absolute Gasteiger partial charge is 0.309 e. The van der Waals surface area contributed by atoms with Crippen molar-refractivity contribution in [3.8, 4) is 0 Å². The van der Waals surface area contributed by atoms with E-state index in [0.29, 0.717) is 4.47 Å². The second kappa shape index (κ2) is 4.67. The van der Waals surface area contributed by atoms with Gasteiger partial charge >= 0.3 is 0 Å². The molecule has 1 heterocycles. The van der Waals surface area contributed by atoms with Crippen molar-refractivity contribution >= 4 is 27.7 Å². The lowest BCUT2D eigenvalue weighted by Crippen LogP contribution is -2.10. The van der Waals surface area contributed by atoms with Crippen LogP contribution in [-0.4, -0.2) is 15.7 Å². The highest BCUT2D eigenvalue weighted by molar-refractivity contribution is 9.10. The van der Waals surface area contributed by atoms with E-state index in [1.807, 2.05) is 0 Å². The molecule has 0 spiro atoms. The summed E-state index contributed by atoms with van der Waals surface area (Å²) in [6.07, 6.45) is 1.53. The molecular formula is C7H9BrN2OS. The van der Waals surface area contributed by atoms with Gasteiger partial charge in [-0.15, -0.1) is 0 Å². The molecule has 0 unspecified atom stereocenters. The summed E-state index contributed by atoms with van der Waals surface area (Å²) in [5.74, 6) is 2.52. The van der Waals surface area contributed by atoms with Crippen LogP contribution in [0.4, 0.5) is 0 Å². The fraction of sp³-hybridized carbons (Fsp3) is 0.429. The summed E-state index contributed by atoms with van der Waals surface area (Å²) in [6, 6.07) is 0. The molecule has 1 rings (SSSR count). The molecule has 12 heavy (non-hydrogen) atoms. The van der Waals surface area contributed by atoms with Crippen LogP contribution in [0.3, 0.4) is 0 Å². The molecule has 0 aliphatic carbocycles. The second-order valence-corrected chi connectivity index (χ2v) is 4.27. The number of halogens is 1. The Morgan fingerprint density at radius 3 is 3.08 bits per heavy atom. The van der Waals surface area contributed by atoms with Gasteiger partial charge < -0.3 is 4.98 Å². The van der Waals surface area contributed by atoms with Gasteiger partial charge in [0.1, 0.15) is 10.3 Å². The molecule has 0 fully saturated rings. The third-order valence-electron chi connectivity index (χ3n) is 1.25. The summed E-state index contributed by atoms with van der Waals surface area (Å²) in [5.41, 5.74) is -0.114. The van der Waals surface area contributed by atoms with E-state index in [1.165, 1.54) is 6.20 Å². The maximum Gasteiger partial charge on any atom is 0.265 e. The Balaban J connectivity index is 2.76. The van der Waals surface area contributed by atoms with E-state index in [1.54, 1.807) is 11.8 Å². The van der Waals surface area contributed by atoms with Crippen molar-refractivity contribution in [2.75, 3.05) is 5.75 Å². The predicted molar refractivity (Wildman–Crippen MR) is 54.4 cm³/mol. The average Bonchev–Trinajstić information content (AvgIpc) is 2.07. The summed E-state index contributed by atoms with van der Waals surface area (Å²) in [4.78, 5) is 17.8. The van der Waals surface area contributed by atoms with E-state index in [0.717, 1.165) is 17.3 Å². The molecule has 0 atom stereocenters. The zero-order valence-corrected chi connectivity index (χ0v) is 9.04. The average molecular weight is 249 g/mol. The van der Waals surface area contributed by atoms with Gasteiger partial charge in [-0.05, 0) is 21.7 Å². The topological polar surface area (TPSA) is 45.8 Å². The first-order valence-corrected chi connectivity index (χ1v) is 5.50. The Kier molecular flexibility index (Phi) is 3.81. The fourth-order valence-electron chi connectivity index (χ4n) is 0.688. The van der Waals surface area contributed by atoms with Crippen molar-refractivity contribution in [2.24, 2.45) is 0 Å². The minimum Gasteiger partial charge on any atom is -0.309 e. The number of nitrogens with one attached hydrogen (secondary N) is 1. The molecule has 0 radical (unpaired) electrons. The third kappa shape index (κ3) is 2.64. The lowest BCUT2D eigenvalue weighted by molar-refractivity contribution is 0.991. The lowest BCUT2D eigenvalue weighted by Gasteiger charge is -1.97. The maximum atomic E-state index is 11.1. The van der Waals surface area contributed by atoms with Crippen LogP contribution in [0.1, 0.15) is 12.7 Å². The van der Waals surface area contributed by atoms with Gasteiger partial charge in [0.15, 0.2) is 0 Å². The lowest BCUT2D eigenvalue weighted by atomic mass is 10.6. The zero-order chi connectivity index (χ0) is 8.97. The highest BCUT2D eigenvalue weighted by atomic mass is 79.9. The first kappa shape index (κ1) is 9.80. The Morgan fingerprint density at radius 2 is 2.50 bits per heavy atom. The van der Waals surface area contributed by atoms with Crippen LogP contribution in [0, 0.1) is 0 Å². The molecule has 1 N–H and O–H groups in total. The van der Waals surface area contributed by atoms with Crippen molar-refractivity contribution < 1.29 is 0 Å². The van der Waals surface area contributed by atoms with Gasteiger partial charge in [-0.1, -0.05) is 6.92 Å². The predicted octanol–water partition coefficient (Wildman–Crippen LogP) is 1.79. The summed E-state index contributed by atoms with van der Waals surface area (Å²) in [6.45, 7) is 2.07. The molecule has 0 aliphatic rings. The monoisotopic (exact) mass is 248 g/mol. The molecule has 5 heteroatoms. The Bertz CT molecular complexity index is 313. The number of aromatic nitrogens is 2. The number of thioether (sulfide) groups is 1. The highest BCUT2D eigenvalue weighted by Crippen LogP contribution is 2.06. The first-order chi connectivity index (χ1) is 5.74. The Hall–Kier alpha value is -0.290. The fourth-order valence-corrected chi connectivity index (χ4v) is 1.43. The Morgan fingerprint density at radius 1 is 1.75 bits per heavy atom. The molecule has 0 bridgehead atoms. The molecule has 3 nitrogen and oxygen atoms in total. The van der Waals surface area contributed by atoms with Crippen molar-refractivity contribution in [3.63, 3.8) is 0 Å². The summed E-state index contributed by atoms with van der Waals surface area (Å²) < 4.78 is 0.479. The van der Waals surface area contributed by atoms with Crippen molar-refractivity contribution in [1.29, 1.82) is 0 Å². The van der Waals surface area contributed by atoms with E-state index in [9.17, 15) is 4.79 Å². The van der Waals surface area contributed by atoms with E-state index in [4.69, 9.17) is 0 Å². The molecule has 66 valence electrons. The molecule has 0 saturated carbocycles. The molecule has 0 aromatic carbocycles. The van der Waals surface area contributed by atoms with Crippen LogP contribution in [0.5, 0.6) is 0 Å². The van der Waals surface area contributed by atoms with Crippen LogP contribution >= 0.6 is 27.7 Å². The summed E-state index contributed by atoms with van der Waals surface area (Å²) in [5, 5.41) is 0.